The van der Waals surface area contributed by atoms with Gasteiger partial charge >= 0.3 is 12.1 Å². The minimum absolute atomic E-state index is 0.103. The Morgan fingerprint density at radius 1 is 1.14 bits per heavy atom. The largest absolute Gasteiger partial charge is 0.458 e. The number of thioether (sulfide) groups is 1. The second-order valence-electron chi connectivity index (χ2n) is 5.74. The Hall–Kier alpha value is -2.23. The predicted molar refractivity (Wildman–Crippen MR) is 94.6 cm³/mol. The highest BCUT2D eigenvalue weighted by Crippen LogP contribution is 2.43. The second kappa shape index (κ2) is 8.42. The number of hydrogen-bond acceptors (Lipinski definition) is 3. The van der Waals surface area contributed by atoms with Gasteiger partial charge in [0.25, 0.3) is 5.91 Å². The third-order valence-corrected chi connectivity index (χ3v) is 4.78. The molecule has 0 saturated heterocycles. The van der Waals surface area contributed by atoms with Crippen LogP contribution in [0.4, 0.5) is 32.2 Å². The quantitative estimate of drug-likeness (QED) is 0.449. The van der Waals surface area contributed by atoms with Crippen molar-refractivity contribution in [3.63, 3.8) is 0 Å². The molecule has 0 unspecified atom stereocenters. The van der Waals surface area contributed by atoms with Crippen LogP contribution in [0.3, 0.4) is 0 Å². The molecule has 0 aliphatic heterocycles. The monoisotopic (exact) mass is 422 g/mol. The molecule has 0 saturated carbocycles. The summed E-state index contributed by atoms with van der Waals surface area (Å²) in [4.78, 5) is 17.9. The molecule has 1 amide bonds. The molecule has 0 spiro atoms. The molecular weight excluding hydrogens is 406 g/mol. The van der Waals surface area contributed by atoms with Gasteiger partial charge in [-0.05, 0) is 35.6 Å². The molecule has 0 bridgehead atoms. The summed E-state index contributed by atoms with van der Waals surface area (Å²) in [5, 5.41) is 0. The number of aromatic nitrogens is 1. The lowest BCUT2D eigenvalue weighted by atomic mass is 10.1. The molecule has 152 valence electrons. The number of benzene rings is 1. The maximum atomic E-state index is 13.3. The highest BCUT2D eigenvalue weighted by atomic mass is 32.2. The van der Waals surface area contributed by atoms with E-state index in [0.29, 0.717) is 28.5 Å². The number of carbonyl (C=O) groups excluding carboxylic acids is 1. The topological polar surface area (TPSA) is 33.2 Å². The number of carbonyl (C=O) groups is 1. The van der Waals surface area contributed by atoms with Crippen LogP contribution in [0.1, 0.15) is 28.4 Å². The molecule has 2 rings (SSSR count). The molecule has 28 heavy (non-hydrogen) atoms. The molecule has 0 atom stereocenters. The van der Waals surface area contributed by atoms with Crippen molar-refractivity contribution in [2.75, 3.05) is 17.7 Å². The van der Waals surface area contributed by atoms with Crippen molar-refractivity contribution in [1.29, 1.82) is 0 Å². The normalized spacial score (nSPS) is 12.1. The smallest absolute Gasteiger partial charge is 0.296 e. The fourth-order valence-electron chi connectivity index (χ4n) is 2.32. The molecule has 1 aromatic heterocycles. The second-order valence-corrected chi connectivity index (χ2v) is 7.04. The van der Waals surface area contributed by atoms with Crippen LogP contribution >= 0.6 is 11.8 Å². The van der Waals surface area contributed by atoms with Crippen LogP contribution in [-0.2, 0) is 12.6 Å². The summed E-state index contributed by atoms with van der Waals surface area (Å²) < 4.78 is 76.9. The van der Waals surface area contributed by atoms with Crippen LogP contribution in [0.15, 0.2) is 41.4 Å². The van der Waals surface area contributed by atoms with E-state index in [9.17, 15) is 31.1 Å². The van der Waals surface area contributed by atoms with Gasteiger partial charge < -0.3 is 0 Å². The van der Waals surface area contributed by atoms with E-state index in [1.54, 1.807) is 0 Å². The molecular formula is C18H16F6N2OS. The SMILES string of the molecule is CCSc1cc(CF)ccc1C(=O)N(C)c1ccc(C(F)(F)C(F)(F)F)cn1. The van der Waals surface area contributed by atoms with Crippen molar-refractivity contribution < 1.29 is 31.1 Å². The number of rotatable bonds is 6. The van der Waals surface area contributed by atoms with Gasteiger partial charge in [-0.3, -0.25) is 9.69 Å². The van der Waals surface area contributed by atoms with Crippen LogP contribution in [0.2, 0.25) is 0 Å². The highest BCUT2D eigenvalue weighted by molar-refractivity contribution is 7.99. The predicted octanol–water partition coefficient (Wildman–Crippen LogP) is 5.59. The molecule has 0 aliphatic rings. The Morgan fingerprint density at radius 3 is 2.32 bits per heavy atom. The van der Waals surface area contributed by atoms with Gasteiger partial charge in [-0.2, -0.15) is 22.0 Å². The number of anilines is 1. The summed E-state index contributed by atoms with van der Waals surface area (Å²) in [5.41, 5.74) is -0.677. The minimum Gasteiger partial charge on any atom is -0.296 e. The van der Waals surface area contributed by atoms with E-state index in [1.807, 2.05) is 6.92 Å². The lowest BCUT2D eigenvalue weighted by Gasteiger charge is -2.21. The number of hydrogen-bond donors (Lipinski definition) is 0. The average molecular weight is 422 g/mol. The van der Waals surface area contributed by atoms with Gasteiger partial charge in [0.15, 0.2) is 0 Å². The molecule has 0 N–H and O–H groups in total. The van der Waals surface area contributed by atoms with E-state index in [2.05, 4.69) is 4.98 Å². The third kappa shape index (κ3) is 4.43. The Labute approximate surface area is 161 Å². The van der Waals surface area contributed by atoms with E-state index in [-0.39, 0.29) is 11.4 Å². The summed E-state index contributed by atoms with van der Waals surface area (Å²) in [6.45, 7) is 1.16. The zero-order valence-corrected chi connectivity index (χ0v) is 15.7. The number of pyridine rings is 1. The Morgan fingerprint density at radius 2 is 1.82 bits per heavy atom. The number of amides is 1. The first-order valence-electron chi connectivity index (χ1n) is 8.03. The molecule has 0 radical (unpaired) electrons. The zero-order valence-electron chi connectivity index (χ0n) is 14.9. The molecule has 0 aliphatic carbocycles. The van der Waals surface area contributed by atoms with Crippen molar-refractivity contribution in [2.45, 2.75) is 30.6 Å². The molecule has 1 heterocycles. The standard InChI is InChI=1S/C18H16F6N2OS/c1-3-28-14-8-11(9-19)4-6-13(14)16(27)26(2)15-7-5-12(10-25-15)17(20,21)18(22,23)24/h4-8,10H,3,9H2,1-2H3. The van der Waals surface area contributed by atoms with E-state index in [1.165, 1.54) is 37.0 Å². The van der Waals surface area contributed by atoms with Crippen molar-refractivity contribution in [2.24, 2.45) is 0 Å². The number of nitrogens with zero attached hydrogens (tertiary/aromatic N) is 2. The molecule has 0 fully saturated rings. The summed E-state index contributed by atoms with van der Waals surface area (Å²) in [6, 6.07) is 5.91. The van der Waals surface area contributed by atoms with Crippen molar-refractivity contribution in [3.8, 4) is 0 Å². The lowest BCUT2D eigenvalue weighted by Crippen LogP contribution is -2.34. The first-order valence-corrected chi connectivity index (χ1v) is 9.02. The Balaban J connectivity index is 2.31. The van der Waals surface area contributed by atoms with Gasteiger partial charge in [-0.1, -0.05) is 13.0 Å². The fourth-order valence-corrected chi connectivity index (χ4v) is 3.18. The van der Waals surface area contributed by atoms with Crippen LogP contribution in [-0.4, -0.2) is 29.9 Å². The maximum Gasteiger partial charge on any atom is 0.458 e. The van der Waals surface area contributed by atoms with E-state index in [4.69, 9.17) is 0 Å². The van der Waals surface area contributed by atoms with E-state index < -0.39 is 30.2 Å². The third-order valence-electron chi connectivity index (χ3n) is 3.85. The maximum absolute atomic E-state index is 13.3. The minimum atomic E-state index is -5.75. The van der Waals surface area contributed by atoms with Crippen molar-refractivity contribution in [3.05, 3.63) is 53.2 Å². The van der Waals surface area contributed by atoms with Gasteiger partial charge in [-0.15, -0.1) is 11.8 Å². The van der Waals surface area contributed by atoms with E-state index in [0.717, 1.165) is 11.0 Å². The molecule has 10 heteroatoms. The number of halogens is 6. The van der Waals surface area contributed by atoms with Gasteiger partial charge in [0.2, 0.25) is 0 Å². The Bertz CT molecular complexity index is 839. The van der Waals surface area contributed by atoms with Crippen molar-refractivity contribution >= 4 is 23.5 Å². The average Bonchev–Trinajstić information content (AvgIpc) is 2.66. The highest BCUT2D eigenvalue weighted by Gasteiger charge is 2.58. The number of alkyl halides is 6. The van der Waals surface area contributed by atoms with Gasteiger partial charge in [-0.25, -0.2) is 9.37 Å². The summed E-state index contributed by atoms with van der Waals surface area (Å²) >= 11 is 1.32. The lowest BCUT2D eigenvalue weighted by molar-refractivity contribution is -0.289. The molecule has 2 aromatic rings. The summed E-state index contributed by atoms with van der Waals surface area (Å²) in [7, 11) is 1.32. The van der Waals surface area contributed by atoms with Crippen LogP contribution in [0, 0.1) is 0 Å². The van der Waals surface area contributed by atoms with Crippen molar-refractivity contribution in [1.82, 2.24) is 4.98 Å². The molecule has 1 aromatic carbocycles. The fraction of sp³-hybridized carbons (Fsp3) is 0.333. The summed E-state index contributed by atoms with van der Waals surface area (Å²) in [6.07, 6.45) is -5.36. The van der Waals surface area contributed by atoms with Crippen LogP contribution in [0.25, 0.3) is 0 Å². The Kier molecular flexibility index (Phi) is 6.63. The van der Waals surface area contributed by atoms with Gasteiger partial charge in [0.05, 0.1) is 5.56 Å². The van der Waals surface area contributed by atoms with E-state index >= 15 is 0 Å². The molecule has 3 nitrogen and oxygen atoms in total. The summed E-state index contributed by atoms with van der Waals surface area (Å²) in [5.74, 6) is -5.08. The first-order chi connectivity index (χ1) is 13.0. The van der Waals surface area contributed by atoms with Crippen LogP contribution in [0.5, 0.6) is 0 Å². The zero-order chi connectivity index (χ0) is 21.1. The van der Waals surface area contributed by atoms with Crippen LogP contribution < -0.4 is 4.90 Å². The van der Waals surface area contributed by atoms with Gasteiger partial charge in [0.1, 0.15) is 12.5 Å². The first kappa shape index (κ1) is 22.1. The van der Waals surface area contributed by atoms with Gasteiger partial charge in [0, 0.05) is 23.7 Å².